The van der Waals surface area contributed by atoms with Gasteiger partial charge in [-0.25, -0.2) is 9.67 Å². The molecular weight excluding hydrogens is 478 g/mol. The molecule has 0 radical (unpaired) electrons. The molecule has 11 heteroatoms. The molecule has 6 nitrogen and oxygen atoms in total. The number of rotatable bonds is 5. The Bertz CT molecular complexity index is 1080. The molecule has 1 amide bonds. The fourth-order valence-corrected chi connectivity index (χ4v) is 4.97. The third-order valence-corrected chi connectivity index (χ3v) is 7.05. The zero-order chi connectivity index (χ0) is 23.9. The lowest BCUT2D eigenvalue weighted by Gasteiger charge is -2.32. The van der Waals surface area contributed by atoms with E-state index in [2.05, 4.69) is 27.2 Å². The van der Waals surface area contributed by atoms with Crippen LogP contribution in [0.3, 0.4) is 0 Å². The highest BCUT2D eigenvalue weighted by Gasteiger charge is 2.42. The van der Waals surface area contributed by atoms with Gasteiger partial charge in [0.2, 0.25) is 5.91 Å². The Morgan fingerprint density at radius 1 is 1.24 bits per heavy atom. The highest BCUT2D eigenvalue weighted by molar-refractivity contribution is 6.42. The molecule has 1 N–H and O–H groups in total. The highest BCUT2D eigenvalue weighted by Crippen LogP contribution is 2.41. The Morgan fingerprint density at radius 3 is 2.67 bits per heavy atom. The number of aliphatic imine (C=N–C) groups is 1. The van der Waals surface area contributed by atoms with E-state index in [4.69, 9.17) is 23.2 Å². The van der Waals surface area contributed by atoms with Crippen LogP contribution >= 0.6 is 23.2 Å². The van der Waals surface area contributed by atoms with Crippen LogP contribution in [0.4, 0.5) is 19.0 Å². The third-order valence-electron chi connectivity index (χ3n) is 6.31. The van der Waals surface area contributed by atoms with Crippen molar-refractivity contribution in [1.29, 1.82) is 0 Å². The van der Waals surface area contributed by atoms with E-state index >= 15 is 0 Å². The average Bonchev–Trinajstić information content (AvgIpc) is 3.39. The topological polar surface area (TPSA) is 62.5 Å². The molecule has 0 spiro atoms. The molecule has 4 rings (SSSR count). The molecule has 1 aromatic carbocycles. The number of likely N-dealkylation sites (tertiary alicyclic amines) is 1. The zero-order valence-electron chi connectivity index (χ0n) is 18.2. The summed E-state index contributed by atoms with van der Waals surface area (Å²) in [7, 11) is 0. The maximum atomic E-state index is 13.4. The minimum atomic E-state index is -4.64. The van der Waals surface area contributed by atoms with Gasteiger partial charge in [0, 0.05) is 24.4 Å². The van der Waals surface area contributed by atoms with Crippen molar-refractivity contribution in [1.82, 2.24) is 20.0 Å². The van der Waals surface area contributed by atoms with Crippen LogP contribution in [0.2, 0.25) is 10.0 Å². The van der Waals surface area contributed by atoms with Gasteiger partial charge in [0.15, 0.2) is 11.5 Å². The predicted molar refractivity (Wildman–Crippen MR) is 121 cm³/mol. The van der Waals surface area contributed by atoms with Gasteiger partial charge >= 0.3 is 6.18 Å². The van der Waals surface area contributed by atoms with Gasteiger partial charge < -0.3 is 5.32 Å². The number of carbonyl (C=O) groups is 1. The Balaban J connectivity index is 1.70. The largest absolute Gasteiger partial charge is 0.435 e. The van der Waals surface area contributed by atoms with E-state index in [0.717, 1.165) is 36.7 Å². The summed E-state index contributed by atoms with van der Waals surface area (Å²) in [6.07, 6.45) is -2.58. The summed E-state index contributed by atoms with van der Waals surface area (Å²) in [6.45, 7) is 6.07. The number of hydrogen-bond donors (Lipinski definition) is 1. The number of nitrogens with one attached hydrogen (secondary N) is 1. The number of nitrogens with zero attached hydrogens (tertiary/aromatic N) is 4. The molecule has 178 valence electrons. The lowest BCUT2D eigenvalue weighted by atomic mass is 9.87. The van der Waals surface area contributed by atoms with Crippen molar-refractivity contribution in [2.45, 2.75) is 44.9 Å². The standard InChI is InChI=1S/C22H24Cl2F3N5O/c1-3-31-8-4-5-14(31)11-28-21(33)19-12(2)29-18-10-17(22(25,26)27)30-32(18)20(19)13-6-7-15(23)16(24)9-13/h6-7,9-10,14,19-20H,3-5,8,11H2,1-2H3,(H,28,33). The van der Waals surface area contributed by atoms with E-state index in [9.17, 15) is 18.0 Å². The van der Waals surface area contributed by atoms with Crippen LogP contribution in [0.15, 0.2) is 29.3 Å². The van der Waals surface area contributed by atoms with Crippen molar-refractivity contribution in [3.05, 3.63) is 45.6 Å². The summed E-state index contributed by atoms with van der Waals surface area (Å²) >= 11 is 12.3. The first kappa shape index (κ1) is 24.0. The molecule has 33 heavy (non-hydrogen) atoms. The van der Waals surface area contributed by atoms with E-state index in [-0.39, 0.29) is 22.8 Å². The summed E-state index contributed by atoms with van der Waals surface area (Å²) in [5.41, 5.74) is -0.138. The summed E-state index contributed by atoms with van der Waals surface area (Å²) in [6, 6.07) is 5.03. The molecule has 1 saturated heterocycles. The summed E-state index contributed by atoms with van der Waals surface area (Å²) in [5, 5.41) is 7.33. The Hall–Kier alpha value is -2.10. The quantitative estimate of drug-likeness (QED) is 0.618. The molecule has 2 aromatic rings. The molecule has 1 fully saturated rings. The number of carbonyl (C=O) groups excluding carboxylic acids is 1. The first-order valence-electron chi connectivity index (χ1n) is 10.8. The van der Waals surface area contributed by atoms with Crippen molar-refractivity contribution >= 4 is 40.6 Å². The van der Waals surface area contributed by atoms with Crippen LogP contribution in [0.25, 0.3) is 0 Å². The first-order chi connectivity index (χ1) is 15.6. The number of hydrogen-bond acceptors (Lipinski definition) is 4. The first-order valence-corrected chi connectivity index (χ1v) is 11.5. The van der Waals surface area contributed by atoms with E-state index in [0.29, 0.717) is 22.8 Å². The highest BCUT2D eigenvalue weighted by atomic mass is 35.5. The van der Waals surface area contributed by atoms with Gasteiger partial charge in [-0.15, -0.1) is 0 Å². The summed E-state index contributed by atoms with van der Waals surface area (Å²) < 4.78 is 41.3. The fraction of sp³-hybridized carbons (Fsp3) is 0.500. The lowest BCUT2D eigenvalue weighted by molar-refractivity contribution is -0.141. The maximum absolute atomic E-state index is 13.4. The van der Waals surface area contributed by atoms with Gasteiger partial charge in [0.1, 0.15) is 5.92 Å². The minimum absolute atomic E-state index is 0.0351. The molecule has 0 aliphatic carbocycles. The number of benzene rings is 1. The normalized spacial score (nSPS) is 23.4. The molecule has 2 aliphatic heterocycles. The number of alkyl halides is 3. The summed E-state index contributed by atoms with van der Waals surface area (Å²) in [5.74, 6) is -1.13. The SMILES string of the molecule is CCN1CCCC1CNC(=O)C1C(C)=Nc2cc(C(F)(F)F)nn2C1c1ccc(Cl)c(Cl)c1. The third kappa shape index (κ3) is 4.76. The van der Waals surface area contributed by atoms with E-state index in [1.165, 1.54) is 0 Å². The zero-order valence-corrected chi connectivity index (χ0v) is 19.7. The predicted octanol–water partition coefficient (Wildman–Crippen LogP) is 5.12. The monoisotopic (exact) mass is 501 g/mol. The molecule has 1 aromatic heterocycles. The average molecular weight is 502 g/mol. The molecule has 2 aliphatic rings. The Kier molecular flexibility index (Phi) is 6.75. The molecule has 3 unspecified atom stereocenters. The smallest absolute Gasteiger partial charge is 0.354 e. The van der Waals surface area contributed by atoms with Crippen molar-refractivity contribution in [2.24, 2.45) is 10.9 Å². The molecule has 3 atom stereocenters. The van der Waals surface area contributed by atoms with Crippen LogP contribution in [-0.2, 0) is 11.0 Å². The van der Waals surface area contributed by atoms with Gasteiger partial charge in [-0.2, -0.15) is 18.3 Å². The fourth-order valence-electron chi connectivity index (χ4n) is 4.67. The van der Waals surface area contributed by atoms with Gasteiger partial charge in [0.05, 0.1) is 16.1 Å². The molecule has 3 heterocycles. The number of amides is 1. The number of aromatic nitrogens is 2. The molecular formula is C22H24Cl2F3N5O. The second-order valence-electron chi connectivity index (χ2n) is 8.35. The Labute approximate surface area is 199 Å². The van der Waals surface area contributed by atoms with E-state index in [1.807, 2.05) is 0 Å². The number of likely N-dealkylation sites (N-methyl/N-ethyl adjacent to an activating group) is 1. The van der Waals surface area contributed by atoms with Crippen LogP contribution in [0, 0.1) is 5.92 Å². The van der Waals surface area contributed by atoms with Crippen LogP contribution in [-0.4, -0.2) is 52.0 Å². The van der Waals surface area contributed by atoms with Gasteiger partial charge in [0.25, 0.3) is 0 Å². The second-order valence-corrected chi connectivity index (χ2v) is 9.16. The van der Waals surface area contributed by atoms with Gasteiger partial charge in [-0.1, -0.05) is 36.2 Å². The lowest BCUT2D eigenvalue weighted by Crippen LogP contribution is -2.46. The van der Waals surface area contributed by atoms with Crippen molar-refractivity contribution in [2.75, 3.05) is 19.6 Å². The minimum Gasteiger partial charge on any atom is -0.354 e. The van der Waals surface area contributed by atoms with Crippen LogP contribution in [0.5, 0.6) is 0 Å². The Morgan fingerprint density at radius 2 is 2.00 bits per heavy atom. The van der Waals surface area contributed by atoms with Crippen molar-refractivity contribution in [3.8, 4) is 0 Å². The maximum Gasteiger partial charge on any atom is 0.435 e. The molecule has 0 saturated carbocycles. The second kappa shape index (κ2) is 9.27. The van der Waals surface area contributed by atoms with Crippen LogP contribution < -0.4 is 5.32 Å². The van der Waals surface area contributed by atoms with Gasteiger partial charge in [-0.05, 0) is 50.6 Å². The molecule has 0 bridgehead atoms. The van der Waals surface area contributed by atoms with Gasteiger partial charge in [-0.3, -0.25) is 9.69 Å². The number of halogens is 5. The van der Waals surface area contributed by atoms with E-state index in [1.54, 1.807) is 25.1 Å². The van der Waals surface area contributed by atoms with Crippen molar-refractivity contribution in [3.63, 3.8) is 0 Å². The van der Waals surface area contributed by atoms with E-state index < -0.39 is 23.8 Å². The van der Waals surface area contributed by atoms with Crippen molar-refractivity contribution < 1.29 is 18.0 Å². The summed E-state index contributed by atoms with van der Waals surface area (Å²) in [4.78, 5) is 20.0. The number of fused-ring (bicyclic) bond motifs is 1. The van der Waals surface area contributed by atoms with Crippen LogP contribution in [0.1, 0.15) is 44.0 Å².